The molecule has 0 aliphatic rings. The highest BCUT2D eigenvalue weighted by Crippen LogP contribution is 2.10. The summed E-state index contributed by atoms with van der Waals surface area (Å²) in [7, 11) is 0. The molecule has 0 aliphatic carbocycles. The van der Waals surface area contributed by atoms with Crippen molar-refractivity contribution in [2.75, 3.05) is 0 Å². The van der Waals surface area contributed by atoms with Crippen LogP contribution in [-0.2, 0) is 0 Å². The second-order valence-electron chi connectivity index (χ2n) is 2.42. The first-order valence-corrected chi connectivity index (χ1v) is 3.49. The summed E-state index contributed by atoms with van der Waals surface area (Å²) in [5.74, 6) is 0. The summed E-state index contributed by atoms with van der Waals surface area (Å²) in [6, 6.07) is 0. The number of rotatable bonds is 3. The molecule has 0 aliphatic heterocycles. The Kier molecular flexibility index (Phi) is 4.12. The van der Waals surface area contributed by atoms with Gasteiger partial charge in [0, 0.05) is 0 Å². The maximum atomic E-state index is 3.92. The van der Waals surface area contributed by atoms with Gasteiger partial charge in [-0.15, -0.1) is 0 Å². The summed E-state index contributed by atoms with van der Waals surface area (Å²) in [6.45, 7) is 10.3. The second-order valence-corrected chi connectivity index (χ2v) is 2.42. The third kappa shape index (κ3) is 4.01. The standard InChI is InChI=1S/C9H16/c1-5-8(3)7-9(4)6-2/h6H,3,5,7H2,1-2,4H3. The molecule has 0 bridgehead atoms. The molecule has 0 fully saturated rings. The van der Waals surface area contributed by atoms with E-state index in [2.05, 4.69) is 33.4 Å². The lowest BCUT2D eigenvalue weighted by Crippen LogP contribution is -1.79. The van der Waals surface area contributed by atoms with Gasteiger partial charge in [-0.1, -0.05) is 30.7 Å². The molecule has 0 rings (SSSR count). The van der Waals surface area contributed by atoms with Crippen molar-refractivity contribution in [3.8, 4) is 0 Å². The van der Waals surface area contributed by atoms with Gasteiger partial charge in [0.05, 0.1) is 0 Å². The van der Waals surface area contributed by atoms with Gasteiger partial charge in [-0.25, -0.2) is 0 Å². The van der Waals surface area contributed by atoms with Gasteiger partial charge in [0.25, 0.3) is 0 Å². The Labute approximate surface area is 58.3 Å². The predicted octanol–water partition coefficient (Wildman–Crippen LogP) is 3.31. The molecule has 0 saturated carbocycles. The molecule has 0 amide bonds. The zero-order chi connectivity index (χ0) is 7.28. The molecule has 0 saturated heterocycles. The van der Waals surface area contributed by atoms with Crippen LogP contribution in [0.5, 0.6) is 0 Å². The first-order valence-electron chi connectivity index (χ1n) is 3.49. The van der Waals surface area contributed by atoms with Gasteiger partial charge < -0.3 is 0 Å². The van der Waals surface area contributed by atoms with Crippen molar-refractivity contribution < 1.29 is 0 Å². The van der Waals surface area contributed by atoms with Gasteiger partial charge in [0.1, 0.15) is 0 Å². The Morgan fingerprint density at radius 2 is 2.11 bits per heavy atom. The van der Waals surface area contributed by atoms with Crippen LogP contribution < -0.4 is 0 Å². The van der Waals surface area contributed by atoms with E-state index in [0.717, 1.165) is 12.8 Å². The van der Waals surface area contributed by atoms with Crippen LogP contribution in [0.25, 0.3) is 0 Å². The van der Waals surface area contributed by atoms with Gasteiger partial charge >= 0.3 is 0 Å². The van der Waals surface area contributed by atoms with E-state index >= 15 is 0 Å². The number of hydrogen-bond donors (Lipinski definition) is 0. The molecule has 0 unspecified atom stereocenters. The van der Waals surface area contributed by atoms with E-state index in [9.17, 15) is 0 Å². The van der Waals surface area contributed by atoms with Gasteiger partial charge in [-0.3, -0.25) is 0 Å². The number of hydrogen-bond acceptors (Lipinski definition) is 0. The van der Waals surface area contributed by atoms with Crippen molar-refractivity contribution >= 4 is 0 Å². The molecule has 0 heterocycles. The Hall–Kier alpha value is -0.520. The third-order valence-electron chi connectivity index (χ3n) is 1.52. The maximum absolute atomic E-state index is 3.92. The molecule has 0 aromatic carbocycles. The lowest BCUT2D eigenvalue weighted by Gasteiger charge is -2.00. The Balaban J connectivity index is 3.60. The fourth-order valence-electron chi connectivity index (χ4n) is 0.621. The summed E-state index contributed by atoms with van der Waals surface area (Å²) in [5, 5.41) is 0. The molecule has 0 radical (unpaired) electrons. The fourth-order valence-corrected chi connectivity index (χ4v) is 0.621. The molecule has 0 heteroatoms. The minimum absolute atomic E-state index is 1.08. The third-order valence-corrected chi connectivity index (χ3v) is 1.52. The van der Waals surface area contributed by atoms with Crippen LogP contribution in [-0.4, -0.2) is 0 Å². The van der Waals surface area contributed by atoms with E-state index in [1.807, 2.05) is 0 Å². The second kappa shape index (κ2) is 4.37. The average Bonchev–Trinajstić information content (AvgIpc) is 1.87. The largest absolute Gasteiger partial charge is 0.0995 e. The SMILES string of the molecule is C=C(CC)CC(C)=CC. The molecule has 0 nitrogen and oxygen atoms in total. The molecular weight excluding hydrogens is 108 g/mol. The summed E-state index contributed by atoms with van der Waals surface area (Å²) >= 11 is 0. The van der Waals surface area contributed by atoms with Crippen molar-refractivity contribution in [1.29, 1.82) is 0 Å². The van der Waals surface area contributed by atoms with E-state index in [1.165, 1.54) is 11.1 Å². The zero-order valence-corrected chi connectivity index (χ0v) is 6.70. The minimum atomic E-state index is 1.08. The monoisotopic (exact) mass is 124 g/mol. The van der Waals surface area contributed by atoms with Crippen molar-refractivity contribution in [1.82, 2.24) is 0 Å². The Morgan fingerprint density at radius 1 is 1.56 bits per heavy atom. The van der Waals surface area contributed by atoms with Crippen LogP contribution in [0.15, 0.2) is 23.8 Å². The lowest BCUT2D eigenvalue weighted by atomic mass is 10.1. The number of allylic oxidation sites excluding steroid dienone is 3. The topological polar surface area (TPSA) is 0 Å². The van der Waals surface area contributed by atoms with Crippen LogP contribution in [0.2, 0.25) is 0 Å². The molecule has 0 aromatic rings. The molecular formula is C9H16. The van der Waals surface area contributed by atoms with Gasteiger partial charge in [0.15, 0.2) is 0 Å². The fraction of sp³-hybridized carbons (Fsp3) is 0.556. The smallest absolute Gasteiger partial charge is 0.0114 e. The Bertz CT molecular complexity index is 118. The van der Waals surface area contributed by atoms with E-state index in [1.54, 1.807) is 0 Å². The van der Waals surface area contributed by atoms with Gasteiger partial charge in [0.2, 0.25) is 0 Å². The van der Waals surface area contributed by atoms with E-state index in [4.69, 9.17) is 0 Å². The zero-order valence-electron chi connectivity index (χ0n) is 6.70. The van der Waals surface area contributed by atoms with Crippen LogP contribution in [0.4, 0.5) is 0 Å². The summed E-state index contributed by atoms with van der Waals surface area (Å²) in [4.78, 5) is 0. The normalized spacial score (nSPS) is 11.7. The summed E-state index contributed by atoms with van der Waals surface area (Å²) in [5.41, 5.74) is 2.74. The first kappa shape index (κ1) is 8.48. The summed E-state index contributed by atoms with van der Waals surface area (Å²) in [6.07, 6.45) is 4.32. The molecule has 9 heavy (non-hydrogen) atoms. The van der Waals surface area contributed by atoms with Gasteiger partial charge in [-0.05, 0) is 26.7 Å². The summed E-state index contributed by atoms with van der Waals surface area (Å²) < 4.78 is 0. The molecule has 0 aromatic heterocycles. The molecule has 0 spiro atoms. The van der Waals surface area contributed by atoms with Crippen LogP contribution >= 0.6 is 0 Å². The molecule has 52 valence electrons. The van der Waals surface area contributed by atoms with Crippen molar-refractivity contribution in [3.05, 3.63) is 23.8 Å². The highest BCUT2D eigenvalue weighted by molar-refractivity contribution is 5.09. The van der Waals surface area contributed by atoms with Crippen molar-refractivity contribution in [2.45, 2.75) is 33.6 Å². The van der Waals surface area contributed by atoms with Gasteiger partial charge in [-0.2, -0.15) is 0 Å². The first-order chi connectivity index (χ1) is 4.20. The van der Waals surface area contributed by atoms with Crippen LogP contribution in [0.3, 0.4) is 0 Å². The van der Waals surface area contributed by atoms with Crippen molar-refractivity contribution in [3.63, 3.8) is 0 Å². The quantitative estimate of drug-likeness (QED) is 0.506. The average molecular weight is 124 g/mol. The van der Waals surface area contributed by atoms with E-state index < -0.39 is 0 Å². The highest BCUT2D eigenvalue weighted by atomic mass is 14.0. The van der Waals surface area contributed by atoms with Crippen molar-refractivity contribution in [2.24, 2.45) is 0 Å². The Morgan fingerprint density at radius 3 is 2.44 bits per heavy atom. The van der Waals surface area contributed by atoms with Crippen LogP contribution in [0.1, 0.15) is 33.6 Å². The molecule has 0 N–H and O–H groups in total. The lowest BCUT2D eigenvalue weighted by molar-refractivity contribution is 0.995. The highest BCUT2D eigenvalue weighted by Gasteiger charge is 1.89. The van der Waals surface area contributed by atoms with Crippen LogP contribution in [0, 0.1) is 0 Å². The van der Waals surface area contributed by atoms with E-state index in [-0.39, 0.29) is 0 Å². The maximum Gasteiger partial charge on any atom is -0.0114 e. The minimum Gasteiger partial charge on any atom is -0.0995 e. The molecule has 0 atom stereocenters. The van der Waals surface area contributed by atoms with E-state index in [0.29, 0.717) is 0 Å². The predicted molar refractivity (Wildman–Crippen MR) is 43.5 cm³/mol.